The fourth-order valence-corrected chi connectivity index (χ4v) is 0.806. The number of halogens is 13. The van der Waals surface area contributed by atoms with Crippen LogP contribution in [0.4, 0.5) is 56.6 Å². The zero-order valence-corrected chi connectivity index (χ0v) is 14.1. The lowest BCUT2D eigenvalue weighted by Crippen LogP contribution is -2.62. The van der Waals surface area contributed by atoms with Crippen LogP contribution in [-0.2, 0) is 20.0 Å². The standard InChI is InChI=1S/C7H5F11O2.C2H5F.FHO3S/c1-3(9,10)19-7(17,18)5(13,6(14,15)16)20-4(11,12)2-8;1-2-3;1-5(2,3)4/h2H2,1H3;2H2,1H3;(H,2,3,4). The Morgan fingerprint density at radius 3 is 1.32 bits per heavy atom. The summed E-state index contributed by atoms with van der Waals surface area (Å²) < 4.78 is 184. The van der Waals surface area contributed by atoms with E-state index in [0.717, 1.165) is 0 Å². The minimum atomic E-state index is -6.93. The zero-order valence-electron chi connectivity index (χ0n) is 13.3. The Labute approximate surface area is 148 Å². The van der Waals surface area contributed by atoms with Crippen molar-refractivity contribution in [3.05, 3.63) is 0 Å². The van der Waals surface area contributed by atoms with E-state index in [0.29, 0.717) is 0 Å². The quantitative estimate of drug-likeness (QED) is 0.339. The van der Waals surface area contributed by atoms with Crippen molar-refractivity contribution in [2.24, 2.45) is 0 Å². The molecule has 0 aromatic heterocycles. The zero-order chi connectivity index (χ0) is 23.8. The van der Waals surface area contributed by atoms with Gasteiger partial charge in [-0.15, -0.1) is 0 Å². The molecule has 0 saturated heterocycles. The lowest BCUT2D eigenvalue weighted by Gasteiger charge is -2.36. The topological polar surface area (TPSA) is 72.8 Å². The van der Waals surface area contributed by atoms with Gasteiger partial charge in [-0.05, 0) is 6.92 Å². The van der Waals surface area contributed by atoms with Gasteiger partial charge >= 0.3 is 40.9 Å². The van der Waals surface area contributed by atoms with Gasteiger partial charge in [0, 0.05) is 6.92 Å². The van der Waals surface area contributed by atoms with Gasteiger partial charge in [0.25, 0.3) is 0 Å². The summed E-state index contributed by atoms with van der Waals surface area (Å²) in [5.74, 6) is -6.70. The summed E-state index contributed by atoms with van der Waals surface area (Å²) in [6, 6.07) is 0. The molecule has 0 radical (unpaired) electrons. The molecular weight excluding hydrogens is 467 g/mol. The molecule has 0 fully saturated rings. The smallest absolute Gasteiger partial charge is 0.265 e. The Morgan fingerprint density at radius 1 is 0.857 bits per heavy atom. The molecule has 0 rings (SSSR count). The summed E-state index contributed by atoms with van der Waals surface area (Å²) in [5, 5.41) is 0. The van der Waals surface area contributed by atoms with Gasteiger partial charge in [0.1, 0.15) is 0 Å². The monoisotopic (exact) mass is 478 g/mol. The first-order valence-corrected chi connectivity index (χ1v) is 7.31. The summed E-state index contributed by atoms with van der Waals surface area (Å²) >= 11 is 0. The lowest BCUT2D eigenvalue weighted by atomic mass is 10.2. The first-order valence-electron chi connectivity index (χ1n) is 5.97. The van der Waals surface area contributed by atoms with E-state index in [4.69, 9.17) is 13.0 Å². The van der Waals surface area contributed by atoms with Gasteiger partial charge in [0.15, 0.2) is 6.67 Å². The van der Waals surface area contributed by atoms with Crippen molar-refractivity contribution >= 4 is 10.5 Å². The van der Waals surface area contributed by atoms with E-state index in [2.05, 4.69) is 4.74 Å². The molecule has 0 aromatic rings. The molecule has 0 bridgehead atoms. The fourth-order valence-electron chi connectivity index (χ4n) is 0.806. The molecule has 0 amide bonds. The second-order valence-corrected chi connectivity index (χ2v) is 4.90. The van der Waals surface area contributed by atoms with E-state index in [-0.39, 0.29) is 6.67 Å². The van der Waals surface area contributed by atoms with Crippen LogP contribution in [0.1, 0.15) is 13.8 Å². The highest BCUT2D eigenvalue weighted by Gasteiger charge is 2.78. The summed E-state index contributed by atoms with van der Waals surface area (Å²) in [7, 11) is -5.17. The van der Waals surface area contributed by atoms with Crippen LogP contribution in [0.3, 0.4) is 0 Å². The second kappa shape index (κ2) is 10.6. The van der Waals surface area contributed by atoms with Gasteiger partial charge in [0.2, 0.25) is 0 Å². The number of hydrogen-bond acceptors (Lipinski definition) is 4. The number of alkyl halides is 12. The van der Waals surface area contributed by atoms with E-state index >= 15 is 0 Å². The normalized spacial score (nSPS) is 15.6. The summed E-state index contributed by atoms with van der Waals surface area (Å²) in [5.41, 5.74) is 0. The first kappa shape index (κ1) is 31.6. The predicted molar refractivity (Wildman–Crippen MR) is 62.9 cm³/mol. The Kier molecular flexibility index (Phi) is 12.0. The molecule has 174 valence electrons. The molecule has 1 unspecified atom stereocenters. The SMILES string of the molecule is CC(F)(F)OC(F)(F)C(F)(OC(F)(F)CF)C(F)(F)F.CCF.O=S(=O)(O)F. The number of hydrogen-bond donors (Lipinski definition) is 1. The Bertz CT molecular complexity index is 536. The van der Waals surface area contributed by atoms with Crippen molar-refractivity contribution < 1.29 is 79.0 Å². The second-order valence-electron chi connectivity index (χ2n) is 4.07. The molecule has 28 heavy (non-hydrogen) atoms. The molecule has 5 nitrogen and oxygen atoms in total. The van der Waals surface area contributed by atoms with Crippen molar-refractivity contribution in [3.8, 4) is 0 Å². The highest BCUT2D eigenvalue weighted by Crippen LogP contribution is 2.50. The molecule has 19 heteroatoms. The van der Waals surface area contributed by atoms with Gasteiger partial charge in [-0.2, -0.15) is 52.3 Å². The number of rotatable bonds is 6. The predicted octanol–water partition coefficient (Wildman–Crippen LogP) is 4.75. The van der Waals surface area contributed by atoms with Crippen LogP contribution >= 0.6 is 0 Å². The molecular formula is C9H11F13O5S. The van der Waals surface area contributed by atoms with E-state index in [9.17, 15) is 56.6 Å². The molecule has 0 spiro atoms. The van der Waals surface area contributed by atoms with Crippen LogP contribution in [0, 0.1) is 0 Å². The summed E-state index contributed by atoms with van der Waals surface area (Å²) in [6.07, 6.45) is -24.2. The Hall–Kier alpha value is -1.08. The van der Waals surface area contributed by atoms with Crippen LogP contribution in [-0.4, -0.2) is 56.7 Å². The van der Waals surface area contributed by atoms with Gasteiger partial charge in [-0.3, -0.25) is 18.4 Å². The summed E-state index contributed by atoms with van der Waals surface area (Å²) in [6.45, 7) is -2.42. The fraction of sp³-hybridized carbons (Fsp3) is 1.00. The largest absolute Gasteiger partial charge is 0.458 e. The van der Waals surface area contributed by atoms with Crippen molar-refractivity contribution in [2.75, 3.05) is 13.3 Å². The van der Waals surface area contributed by atoms with Crippen LogP contribution < -0.4 is 0 Å². The van der Waals surface area contributed by atoms with Crippen LogP contribution in [0.2, 0.25) is 0 Å². The molecule has 0 aliphatic carbocycles. The minimum absolute atomic E-state index is 0.250. The number of ether oxygens (including phenoxy) is 2. The van der Waals surface area contributed by atoms with E-state index in [1.807, 2.05) is 4.74 Å². The minimum Gasteiger partial charge on any atom is -0.265 e. The van der Waals surface area contributed by atoms with Crippen LogP contribution in [0.5, 0.6) is 0 Å². The third kappa shape index (κ3) is 14.0. The molecule has 0 aromatic carbocycles. The molecule has 1 atom stereocenters. The third-order valence-corrected chi connectivity index (χ3v) is 1.49. The molecule has 1 N–H and O–H groups in total. The third-order valence-electron chi connectivity index (χ3n) is 1.49. The van der Waals surface area contributed by atoms with Gasteiger partial charge in [0.05, 0.1) is 6.67 Å². The average Bonchev–Trinajstić information content (AvgIpc) is 2.32. The maximum atomic E-state index is 13.1. The average molecular weight is 478 g/mol. The highest BCUT2D eigenvalue weighted by molar-refractivity contribution is 7.80. The lowest BCUT2D eigenvalue weighted by molar-refractivity contribution is -0.524. The maximum absolute atomic E-state index is 13.1. The van der Waals surface area contributed by atoms with Gasteiger partial charge < -0.3 is 0 Å². The Balaban J connectivity index is -0.000000657. The summed E-state index contributed by atoms with van der Waals surface area (Å²) in [4.78, 5) is 0. The van der Waals surface area contributed by atoms with Crippen molar-refractivity contribution in [1.82, 2.24) is 0 Å². The molecule has 0 aliphatic heterocycles. The van der Waals surface area contributed by atoms with Crippen molar-refractivity contribution in [1.29, 1.82) is 0 Å². The van der Waals surface area contributed by atoms with E-state index in [1.165, 1.54) is 6.92 Å². The van der Waals surface area contributed by atoms with Crippen molar-refractivity contribution in [3.63, 3.8) is 0 Å². The molecule has 0 saturated carbocycles. The Morgan fingerprint density at radius 2 is 1.14 bits per heavy atom. The highest BCUT2D eigenvalue weighted by atomic mass is 32.3. The van der Waals surface area contributed by atoms with Crippen LogP contribution in [0.25, 0.3) is 0 Å². The van der Waals surface area contributed by atoms with Crippen molar-refractivity contribution in [2.45, 2.75) is 44.2 Å². The molecule has 0 aliphatic rings. The van der Waals surface area contributed by atoms with Crippen LogP contribution in [0.15, 0.2) is 0 Å². The van der Waals surface area contributed by atoms with E-state index in [1.54, 1.807) is 0 Å². The van der Waals surface area contributed by atoms with Gasteiger partial charge in [-0.1, -0.05) is 3.89 Å². The van der Waals surface area contributed by atoms with E-state index < -0.39 is 54.5 Å². The maximum Gasteiger partial charge on any atom is 0.458 e. The molecule has 0 heterocycles. The first-order chi connectivity index (χ1) is 11.9. The van der Waals surface area contributed by atoms with Gasteiger partial charge in [-0.25, -0.2) is 4.39 Å².